The van der Waals surface area contributed by atoms with Gasteiger partial charge in [0.15, 0.2) is 0 Å². The van der Waals surface area contributed by atoms with Gasteiger partial charge in [-0.25, -0.2) is 0 Å². The van der Waals surface area contributed by atoms with Gasteiger partial charge in [0.2, 0.25) is 6.10 Å². The van der Waals surface area contributed by atoms with Crippen LogP contribution in [0.15, 0.2) is 72.8 Å². The van der Waals surface area contributed by atoms with Crippen molar-refractivity contribution in [1.82, 2.24) is 4.90 Å². The Balaban J connectivity index is 0.00000198. The minimum atomic E-state index is -0.885. The van der Waals surface area contributed by atoms with Gasteiger partial charge in [0, 0.05) is 24.2 Å². The lowest BCUT2D eigenvalue weighted by molar-refractivity contribution is -0.126. The summed E-state index contributed by atoms with van der Waals surface area (Å²) in [7, 11) is 0. The number of likely N-dealkylation sites (tertiary alicyclic amines) is 1. The molecule has 3 unspecified atom stereocenters. The van der Waals surface area contributed by atoms with Gasteiger partial charge in [-0.2, -0.15) is 5.26 Å². The van der Waals surface area contributed by atoms with E-state index in [2.05, 4.69) is 24.8 Å². The molecule has 0 spiro atoms. The Morgan fingerprint density at radius 2 is 1.60 bits per heavy atom. The number of nitriles is 1. The molecule has 2 heterocycles. The highest BCUT2D eigenvalue weighted by atomic mass is 16.5. The minimum Gasteiger partial charge on any atom is -0.488 e. The van der Waals surface area contributed by atoms with Crippen LogP contribution in [0.2, 0.25) is 0 Å². The highest BCUT2D eigenvalue weighted by Gasteiger charge is 2.37. The number of hydrogen-bond donors (Lipinski definition) is 0. The van der Waals surface area contributed by atoms with Crippen molar-refractivity contribution < 1.29 is 14.3 Å². The number of nitrogens with zero attached hydrogens (tertiary/aromatic N) is 3. The van der Waals surface area contributed by atoms with Crippen LogP contribution in [0.4, 0.5) is 5.69 Å². The summed E-state index contributed by atoms with van der Waals surface area (Å²) in [5.41, 5.74) is 2.86. The maximum Gasteiger partial charge on any atom is 0.273 e. The molecule has 0 aliphatic carbocycles. The monoisotopic (exact) mass is 567 g/mol. The first-order valence-electron chi connectivity index (χ1n) is 15.6. The summed E-state index contributed by atoms with van der Waals surface area (Å²) >= 11 is 0. The second kappa shape index (κ2) is 15.4. The molecule has 2 aliphatic heterocycles. The molecule has 1 fully saturated rings. The number of unbranched alkanes of at least 4 members (excludes halogenated alkanes) is 2. The van der Waals surface area contributed by atoms with Crippen molar-refractivity contribution in [2.24, 2.45) is 0 Å². The summed E-state index contributed by atoms with van der Waals surface area (Å²) in [5, 5.41) is 9.60. The highest BCUT2D eigenvalue weighted by molar-refractivity contribution is 6.01. The van der Waals surface area contributed by atoms with Crippen LogP contribution in [0.5, 0.6) is 11.5 Å². The third-order valence-electron chi connectivity index (χ3n) is 8.22. The van der Waals surface area contributed by atoms with E-state index in [1.54, 1.807) is 18.2 Å². The molecule has 0 N–H and O–H groups in total. The van der Waals surface area contributed by atoms with Crippen LogP contribution in [0.1, 0.15) is 89.0 Å². The van der Waals surface area contributed by atoms with E-state index in [1.807, 2.05) is 73.3 Å². The Bertz CT molecular complexity index is 1330. The number of rotatable bonds is 10. The van der Waals surface area contributed by atoms with Crippen LogP contribution in [0.25, 0.3) is 0 Å². The summed E-state index contributed by atoms with van der Waals surface area (Å²) in [6.45, 7) is 10.8. The zero-order chi connectivity index (χ0) is 29.9. The molecule has 0 aromatic heterocycles. The molecule has 0 bridgehead atoms. The van der Waals surface area contributed by atoms with E-state index in [1.165, 1.54) is 19.3 Å². The van der Waals surface area contributed by atoms with Crippen molar-refractivity contribution >= 4 is 11.6 Å². The second-order valence-electron chi connectivity index (χ2n) is 11.0. The van der Waals surface area contributed by atoms with Gasteiger partial charge in [0.05, 0.1) is 17.3 Å². The summed E-state index contributed by atoms with van der Waals surface area (Å²) in [6.07, 6.45) is 6.12. The predicted molar refractivity (Wildman–Crippen MR) is 169 cm³/mol. The Morgan fingerprint density at radius 3 is 2.33 bits per heavy atom. The van der Waals surface area contributed by atoms with Crippen molar-refractivity contribution in [3.05, 3.63) is 89.5 Å². The van der Waals surface area contributed by atoms with Crippen molar-refractivity contribution in [3.63, 3.8) is 0 Å². The Morgan fingerprint density at radius 1 is 0.905 bits per heavy atom. The maximum atomic E-state index is 14.0. The number of ether oxygens (including phenoxy) is 2. The van der Waals surface area contributed by atoms with Crippen molar-refractivity contribution in [1.29, 1.82) is 5.26 Å². The Kier molecular flexibility index (Phi) is 11.4. The maximum absolute atomic E-state index is 14.0. The van der Waals surface area contributed by atoms with Crippen LogP contribution in [0.3, 0.4) is 0 Å². The van der Waals surface area contributed by atoms with E-state index in [9.17, 15) is 10.1 Å². The SMILES string of the molecule is CC.CC1CCCC(C)N1CCCCCN1C(=O)C(c2cc(C#N)ccc2OCc2ccccc2)Oc2ccccc21. The average Bonchev–Trinajstić information content (AvgIpc) is 3.03. The molecule has 3 aromatic carbocycles. The lowest BCUT2D eigenvalue weighted by atomic mass is 9.97. The molecule has 0 saturated carbocycles. The minimum absolute atomic E-state index is 0.128. The number of hydrogen-bond acceptors (Lipinski definition) is 5. The number of fused-ring (bicyclic) bond motifs is 1. The zero-order valence-electron chi connectivity index (χ0n) is 25.6. The molecule has 1 saturated heterocycles. The Hall–Kier alpha value is -3.82. The molecule has 2 aliphatic rings. The second-order valence-corrected chi connectivity index (χ2v) is 11.0. The number of benzene rings is 3. The average molecular weight is 568 g/mol. The number of anilines is 1. The van der Waals surface area contributed by atoms with Crippen molar-refractivity contribution in [2.45, 2.75) is 91.0 Å². The molecular formula is C36H45N3O3. The van der Waals surface area contributed by atoms with Gasteiger partial charge in [0.1, 0.15) is 18.1 Å². The fraction of sp³-hybridized carbons (Fsp3) is 0.444. The normalized spacial score (nSPS) is 20.0. The molecule has 6 heteroatoms. The quantitative estimate of drug-likeness (QED) is 0.232. The molecule has 222 valence electrons. The van der Waals surface area contributed by atoms with E-state index in [0.29, 0.717) is 47.9 Å². The zero-order valence-corrected chi connectivity index (χ0v) is 25.6. The van der Waals surface area contributed by atoms with Crippen LogP contribution < -0.4 is 14.4 Å². The number of para-hydroxylation sites is 2. The molecular weight excluding hydrogens is 522 g/mol. The number of carbonyl (C=O) groups is 1. The number of carbonyl (C=O) groups excluding carboxylic acids is 1. The summed E-state index contributed by atoms with van der Waals surface area (Å²) in [6, 6.07) is 26.3. The molecule has 6 nitrogen and oxygen atoms in total. The lowest BCUT2D eigenvalue weighted by Crippen LogP contribution is -2.44. The fourth-order valence-corrected chi connectivity index (χ4v) is 5.99. The molecule has 1 amide bonds. The van der Waals surface area contributed by atoms with Crippen LogP contribution in [0, 0.1) is 11.3 Å². The van der Waals surface area contributed by atoms with Gasteiger partial charge in [0.25, 0.3) is 5.91 Å². The summed E-state index contributed by atoms with van der Waals surface area (Å²) in [5.74, 6) is 1.08. The third-order valence-corrected chi connectivity index (χ3v) is 8.22. The summed E-state index contributed by atoms with van der Waals surface area (Å²) in [4.78, 5) is 18.5. The van der Waals surface area contributed by atoms with Gasteiger partial charge in [-0.05, 0) is 82.0 Å². The van der Waals surface area contributed by atoms with Gasteiger partial charge in [-0.3, -0.25) is 9.69 Å². The highest BCUT2D eigenvalue weighted by Crippen LogP contribution is 2.41. The van der Waals surface area contributed by atoms with Gasteiger partial charge in [-0.15, -0.1) is 0 Å². The van der Waals surface area contributed by atoms with Crippen LogP contribution in [-0.2, 0) is 11.4 Å². The third kappa shape index (κ3) is 7.52. The fourth-order valence-electron chi connectivity index (χ4n) is 5.99. The predicted octanol–water partition coefficient (Wildman–Crippen LogP) is 8.06. The number of piperidine rings is 1. The standard InChI is InChI=1S/C34H39N3O3.C2H6/c1-25-12-11-13-26(2)36(25)20-9-4-10-21-37-30-16-7-8-17-32(30)40-33(34(37)38)29-22-28(23-35)18-19-31(29)39-24-27-14-5-3-6-15-27;1-2/h3,5-8,14-19,22,25-26,33H,4,9-13,20-21,24H2,1-2H3;1-2H3. The van der Waals surface area contributed by atoms with E-state index in [-0.39, 0.29) is 5.91 Å². The van der Waals surface area contributed by atoms with E-state index in [0.717, 1.165) is 37.1 Å². The van der Waals surface area contributed by atoms with Gasteiger partial charge >= 0.3 is 0 Å². The largest absolute Gasteiger partial charge is 0.488 e. The molecule has 42 heavy (non-hydrogen) atoms. The van der Waals surface area contributed by atoms with E-state index in [4.69, 9.17) is 9.47 Å². The molecule has 5 rings (SSSR count). The first-order chi connectivity index (χ1) is 20.5. The van der Waals surface area contributed by atoms with Gasteiger partial charge < -0.3 is 14.4 Å². The van der Waals surface area contributed by atoms with Crippen LogP contribution in [-0.4, -0.2) is 36.0 Å². The molecule has 0 radical (unpaired) electrons. The first-order valence-corrected chi connectivity index (χ1v) is 15.6. The summed E-state index contributed by atoms with van der Waals surface area (Å²) < 4.78 is 12.5. The topological polar surface area (TPSA) is 65.8 Å². The number of amides is 1. The smallest absolute Gasteiger partial charge is 0.273 e. The van der Waals surface area contributed by atoms with Gasteiger partial charge in [-0.1, -0.05) is 69.2 Å². The lowest BCUT2D eigenvalue weighted by Gasteiger charge is -2.39. The van der Waals surface area contributed by atoms with Crippen LogP contribution >= 0.6 is 0 Å². The Labute approximate surface area is 251 Å². The van der Waals surface area contributed by atoms with Crippen molar-refractivity contribution in [3.8, 4) is 17.6 Å². The van der Waals surface area contributed by atoms with Crippen molar-refractivity contribution in [2.75, 3.05) is 18.0 Å². The molecule has 3 aromatic rings. The van der Waals surface area contributed by atoms with E-state index >= 15 is 0 Å². The first kappa shape index (κ1) is 31.1. The molecule has 3 atom stereocenters. The van der Waals surface area contributed by atoms with E-state index < -0.39 is 6.10 Å².